The first-order chi connectivity index (χ1) is 11.2. The molecule has 23 heavy (non-hydrogen) atoms. The number of hydrogen-bond acceptors (Lipinski definition) is 4. The van der Waals surface area contributed by atoms with Crippen molar-refractivity contribution in [2.75, 3.05) is 0 Å². The van der Waals surface area contributed by atoms with E-state index in [2.05, 4.69) is 22.4 Å². The van der Waals surface area contributed by atoms with Gasteiger partial charge in [0.25, 0.3) is 0 Å². The minimum Gasteiger partial charge on any atom is -0.487 e. The van der Waals surface area contributed by atoms with E-state index in [1.165, 1.54) is 0 Å². The molecule has 0 atom stereocenters. The number of aliphatic hydroxyl groups is 1. The minimum atomic E-state index is -0.168. The number of ether oxygens (including phenoxy) is 1. The zero-order valence-electron chi connectivity index (χ0n) is 13.2. The van der Waals surface area contributed by atoms with Gasteiger partial charge in [-0.2, -0.15) is 0 Å². The van der Waals surface area contributed by atoms with E-state index in [0.29, 0.717) is 12.3 Å². The van der Waals surface area contributed by atoms with Crippen molar-refractivity contribution in [3.05, 3.63) is 71.0 Å². The van der Waals surface area contributed by atoms with Crippen LogP contribution in [0.1, 0.15) is 22.5 Å². The summed E-state index contributed by atoms with van der Waals surface area (Å²) in [5.74, 6) is 0.769. The predicted octanol–water partition coefficient (Wildman–Crippen LogP) is 2.96. The number of aryl methyl sites for hydroxylation is 2. The number of aromatic nitrogens is 3. The molecule has 1 heterocycles. The van der Waals surface area contributed by atoms with Crippen molar-refractivity contribution in [2.24, 2.45) is 0 Å². The highest BCUT2D eigenvalue weighted by Gasteiger charge is 2.16. The smallest absolute Gasteiger partial charge is 0.132 e. The molecule has 0 aliphatic carbocycles. The molecule has 0 aliphatic heterocycles. The summed E-state index contributed by atoms with van der Waals surface area (Å²) < 4.78 is 7.56. The fourth-order valence-corrected chi connectivity index (χ4v) is 2.41. The van der Waals surface area contributed by atoms with E-state index in [0.717, 1.165) is 28.3 Å². The van der Waals surface area contributed by atoms with Crippen LogP contribution in [0.2, 0.25) is 0 Å². The Hall–Kier alpha value is -2.66. The monoisotopic (exact) mass is 309 g/mol. The number of para-hydroxylation sites is 1. The molecule has 3 aromatic rings. The normalized spacial score (nSPS) is 10.7. The maximum atomic E-state index is 9.53. The second kappa shape index (κ2) is 6.62. The predicted molar refractivity (Wildman–Crippen MR) is 87.5 cm³/mol. The van der Waals surface area contributed by atoms with Crippen LogP contribution in [0, 0.1) is 13.8 Å². The summed E-state index contributed by atoms with van der Waals surface area (Å²) in [7, 11) is 0. The molecule has 0 radical (unpaired) electrons. The summed E-state index contributed by atoms with van der Waals surface area (Å²) in [6, 6.07) is 15.7. The lowest BCUT2D eigenvalue weighted by Gasteiger charge is -2.12. The number of benzene rings is 2. The van der Waals surface area contributed by atoms with Crippen LogP contribution in [0.25, 0.3) is 5.69 Å². The van der Waals surface area contributed by atoms with E-state index in [-0.39, 0.29) is 6.61 Å². The lowest BCUT2D eigenvalue weighted by atomic mass is 10.1. The van der Waals surface area contributed by atoms with E-state index in [4.69, 9.17) is 4.74 Å². The Morgan fingerprint density at radius 1 is 1.09 bits per heavy atom. The van der Waals surface area contributed by atoms with Gasteiger partial charge in [0.1, 0.15) is 23.7 Å². The fraction of sp³-hybridized carbons (Fsp3) is 0.222. The van der Waals surface area contributed by atoms with Gasteiger partial charge in [0, 0.05) is 0 Å². The first-order valence-corrected chi connectivity index (χ1v) is 7.49. The van der Waals surface area contributed by atoms with E-state index in [9.17, 15) is 5.11 Å². The van der Waals surface area contributed by atoms with Crippen LogP contribution in [-0.4, -0.2) is 20.1 Å². The molecular weight excluding hydrogens is 290 g/mol. The molecule has 118 valence electrons. The van der Waals surface area contributed by atoms with Gasteiger partial charge in [0.05, 0.1) is 12.3 Å². The molecule has 0 saturated heterocycles. The largest absolute Gasteiger partial charge is 0.487 e. The summed E-state index contributed by atoms with van der Waals surface area (Å²) in [5.41, 5.74) is 4.46. The standard InChI is InChI=1S/C18H19N3O2/c1-13-8-9-14(2)17(10-13)21-18(16(11-22)19-20-21)12-23-15-6-4-3-5-7-15/h3-10,22H,11-12H2,1-2H3. The third-order valence-electron chi connectivity index (χ3n) is 3.71. The first-order valence-electron chi connectivity index (χ1n) is 7.49. The molecule has 0 aliphatic rings. The second-order valence-electron chi connectivity index (χ2n) is 5.44. The molecule has 5 nitrogen and oxygen atoms in total. The van der Waals surface area contributed by atoms with Gasteiger partial charge in [-0.25, -0.2) is 4.68 Å². The van der Waals surface area contributed by atoms with Crippen LogP contribution in [0.15, 0.2) is 48.5 Å². The molecule has 0 fully saturated rings. The van der Waals surface area contributed by atoms with Gasteiger partial charge in [0.2, 0.25) is 0 Å². The maximum absolute atomic E-state index is 9.53. The lowest BCUT2D eigenvalue weighted by Crippen LogP contribution is -2.09. The van der Waals surface area contributed by atoms with Gasteiger partial charge in [-0.3, -0.25) is 0 Å². The number of nitrogens with zero attached hydrogens (tertiary/aromatic N) is 3. The lowest BCUT2D eigenvalue weighted by molar-refractivity contribution is 0.263. The summed E-state index contributed by atoms with van der Waals surface area (Å²) in [6.45, 7) is 4.18. The Morgan fingerprint density at radius 3 is 2.61 bits per heavy atom. The Balaban J connectivity index is 1.95. The van der Waals surface area contributed by atoms with Gasteiger partial charge in [0.15, 0.2) is 0 Å². The van der Waals surface area contributed by atoms with E-state index >= 15 is 0 Å². The van der Waals surface area contributed by atoms with Crippen LogP contribution in [0.5, 0.6) is 5.75 Å². The Bertz CT molecular complexity index is 797. The van der Waals surface area contributed by atoms with Crippen molar-refractivity contribution >= 4 is 0 Å². The minimum absolute atomic E-state index is 0.168. The fourth-order valence-electron chi connectivity index (χ4n) is 2.41. The second-order valence-corrected chi connectivity index (χ2v) is 5.44. The van der Waals surface area contributed by atoms with E-state index < -0.39 is 0 Å². The van der Waals surface area contributed by atoms with Crippen molar-refractivity contribution in [2.45, 2.75) is 27.1 Å². The molecule has 1 aromatic heterocycles. The average molecular weight is 309 g/mol. The van der Waals surface area contributed by atoms with Crippen LogP contribution >= 0.6 is 0 Å². The zero-order valence-corrected chi connectivity index (χ0v) is 13.2. The highest BCUT2D eigenvalue weighted by atomic mass is 16.5. The van der Waals surface area contributed by atoms with Crippen LogP contribution in [-0.2, 0) is 13.2 Å². The maximum Gasteiger partial charge on any atom is 0.132 e. The zero-order chi connectivity index (χ0) is 16.2. The average Bonchev–Trinajstić information content (AvgIpc) is 2.99. The number of rotatable bonds is 5. The van der Waals surface area contributed by atoms with E-state index in [1.807, 2.05) is 50.2 Å². The van der Waals surface area contributed by atoms with Crippen LogP contribution in [0.3, 0.4) is 0 Å². The first kappa shape index (κ1) is 15.2. The highest BCUT2D eigenvalue weighted by molar-refractivity contribution is 5.43. The van der Waals surface area contributed by atoms with Gasteiger partial charge < -0.3 is 9.84 Å². The van der Waals surface area contributed by atoms with Crippen LogP contribution < -0.4 is 4.74 Å². The Labute approximate surface area is 135 Å². The van der Waals surface area contributed by atoms with Gasteiger partial charge in [-0.15, -0.1) is 5.10 Å². The molecule has 0 unspecified atom stereocenters. The molecular formula is C18H19N3O2. The van der Waals surface area contributed by atoms with Crippen LogP contribution in [0.4, 0.5) is 0 Å². The molecule has 1 N–H and O–H groups in total. The third kappa shape index (κ3) is 3.24. The van der Waals surface area contributed by atoms with Crippen molar-refractivity contribution < 1.29 is 9.84 Å². The van der Waals surface area contributed by atoms with Gasteiger partial charge in [-0.1, -0.05) is 35.5 Å². The molecule has 0 saturated carbocycles. The highest BCUT2D eigenvalue weighted by Crippen LogP contribution is 2.20. The van der Waals surface area contributed by atoms with Crippen molar-refractivity contribution in [1.29, 1.82) is 0 Å². The van der Waals surface area contributed by atoms with Gasteiger partial charge >= 0.3 is 0 Å². The number of hydrogen-bond donors (Lipinski definition) is 1. The molecule has 2 aromatic carbocycles. The Kier molecular flexibility index (Phi) is 4.39. The third-order valence-corrected chi connectivity index (χ3v) is 3.71. The van der Waals surface area contributed by atoms with Crippen molar-refractivity contribution in [3.63, 3.8) is 0 Å². The summed E-state index contributed by atoms with van der Waals surface area (Å²) in [6.07, 6.45) is 0. The van der Waals surface area contributed by atoms with Gasteiger partial charge in [-0.05, 0) is 43.2 Å². The SMILES string of the molecule is Cc1ccc(C)c(-n2nnc(CO)c2COc2ccccc2)c1. The quantitative estimate of drug-likeness (QED) is 0.787. The van der Waals surface area contributed by atoms with E-state index in [1.54, 1.807) is 4.68 Å². The van der Waals surface area contributed by atoms with Crippen molar-refractivity contribution in [3.8, 4) is 11.4 Å². The summed E-state index contributed by atoms with van der Waals surface area (Å²) in [4.78, 5) is 0. The molecule has 3 rings (SSSR count). The molecule has 0 spiro atoms. The summed E-state index contributed by atoms with van der Waals surface area (Å²) >= 11 is 0. The van der Waals surface area contributed by atoms with Crippen molar-refractivity contribution in [1.82, 2.24) is 15.0 Å². The number of aliphatic hydroxyl groups excluding tert-OH is 1. The molecule has 0 bridgehead atoms. The topological polar surface area (TPSA) is 60.2 Å². The molecule has 5 heteroatoms. The summed E-state index contributed by atoms with van der Waals surface area (Å²) in [5, 5.41) is 17.8. The Morgan fingerprint density at radius 2 is 1.87 bits per heavy atom. The molecule has 0 amide bonds.